The molecule has 0 aromatic heterocycles. The van der Waals surface area contributed by atoms with Crippen molar-refractivity contribution >= 4 is 63.9 Å². The van der Waals surface area contributed by atoms with E-state index < -0.39 is 18.1 Å². The van der Waals surface area contributed by atoms with Crippen molar-refractivity contribution in [3.05, 3.63) is 103 Å². The molecule has 0 unspecified atom stereocenters. The summed E-state index contributed by atoms with van der Waals surface area (Å²) in [7, 11) is 1.50. The summed E-state index contributed by atoms with van der Waals surface area (Å²) >= 11 is 0. The summed E-state index contributed by atoms with van der Waals surface area (Å²) < 4.78 is 0. The van der Waals surface area contributed by atoms with Crippen LogP contribution < -0.4 is 42.5 Å². The molecular formula is C29H28N8O4. The van der Waals surface area contributed by atoms with Gasteiger partial charge in [0.1, 0.15) is 0 Å². The van der Waals surface area contributed by atoms with Gasteiger partial charge in [0, 0.05) is 46.9 Å². The SMILES string of the molecule is CNC(=O)Nc1cccc(NC(=O)Nc2cccc(NC(=O)Nc3cccc(NC(=O)Nc4ccccc4)c3)c2)c1. The van der Waals surface area contributed by atoms with Crippen LogP contribution in [-0.4, -0.2) is 31.2 Å². The van der Waals surface area contributed by atoms with Gasteiger partial charge in [-0.15, -0.1) is 0 Å². The maximum atomic E-state index is 12.6. The molecule has 208 valence electrons. The first-order chi connectivity index (χ1) is 19.9. The number of carbonyl (C=O) groups is 4. The standard InChI is InChI=1S/C29H28N8O4/c1-30-26(38)32-20-10-5-11-21(16-20)34-28(40)36-24-14-7-15-25(18-24)37-29(41)35-23-13-6-12-22(17-23)33-27(39)31-19-8-3-2-4-9-19/h2-18H,1H3,(H2,30,32,38)(H2,31,33,39)(H2,34,36,40)(H2,35,37,41). The van der Waals surface area contributed by atoms with Gasteiger partial charge < -0.3 is 42.5 Å². The van der Waals surface area contributed by atoms with Crippen LogP contribution in [0.15, 0.2) is 103 Å². The van der Waals surface area contributed by atoms with Crippen molar-refractivity contribution in [3.63, 3.8) is 0 Å². The van der Waals surface area contributed by atoms with Crippen LogP contribution >= 0.6 is 0 Å². The Kier molecular flexibility index (Phi) is 9.33. The van der Waals surface area contributed by atoms with Gasteiger partial charge >= 0.3 is 24.1 Å². The van der Waals surface area contributed by atoms with Gasteiger partial charge in [-0.1, -0.05) is 36.4 Å². The van der Waals surface area contributed by atoms with Crippen molar-refractivity contribution in [1.82, 2.24) is 5.32 Å². The maximum Gasteiger partial charge on any atom is 0.323 e. The third-order valence-corrected chi connectivity index (χ3v) is 5.39. The second-order valence-electron chi connectivity index (χ2n) is 8.55. The molecule has 0 fully saturated rings. The summed E-state index contributed by atoms with van der Waals surface area (Å²) in [6.45, 7) is 0. The summed E-state index contributed by atoms with van der Waals surface area (Å²) in [4.78, 5) is 48.9. The molecule has 0 saturated carbocycles. The van der Waals surface area contributed by atoms with Gasteiger partial charge in [-0.05, 0) is 66.7 Å². The molecule has 8 amide bonds. The van der Waals surface area contributed by atoms with Crippen LogP contribution in [0.3, 0.4) is 0 Å². The van der Waals surface area contributed by atoms with E-state index in [4.69, 9.17) is 0 Å². The van der Waals surface area contributed by atoms with Gasteiger partial charge in [-0.2, -0.15) is 0 Å². The first-order valence-electron chi connectivity index (χ1n) is 12.4. The van der Waals surface area contributed by atoms with Crippen LogP contribution in [0.2, 0.25) is 0 Å². The molecule has 4 aromatic rings. The van der Waals surface area contributed by atoms with E-state index >= 15 is 0 Å². The Hall–Kier alpha value is -6.04. The fraction of sp³-hybridized carbons (Fsp3) is 0.0345. The molecule has 41 heavy (non-hydrogen) atoms. The lowest BCUT2D eigenvalue weighted by molar-refractivity contribution is 0.253. The Balaban J connectivity index is 1.29. The van der Waals surface area contributed by atoms with Gasteiger partial charge in [0.2, 0.25) is 0 Å². The van der Waals surface area contributed by atoms with E-state index in [1.807, 2.05) is 18.2 Å². The zero-order chi connectivity index (χ0) is 29.0. The monoisotopic (exact) mass is 552 g/mol. The summed E-state index contributed by atoms with van der Waals surface area (Å²) in [5.41, 5.74) is 3.46. The fourth-order valence-electron chi connectivity index (χ4n) is 3.62. The highest BCUT2D eigenvalue weighted by atomic mass is 16.2. The highest BCUT2D eigenvalue weighted by Crippen LogP contribution is 2.19. The van der Waals surface area contributed by atoms with Crippen molar-refractivity contribution < 1.29 is 19.2 Å². The Morgan fingerprint density at radius 1 is 0.366 bits per heavy atom. The fourth-order valence-corrected chi connectivity index (χ4v) is 3.62. The number of para-hydroxylation sites is 1. The van der Waals surface area contributed by atoms with Gasteiger partial charge in [0.25, 0.3) is 0 Å². The number of amides is 8. The quantitative estimate of drug-likeness (QED) is 0.134. The average Bonchev–Trinajstić information content (AvgIpc) is 2.94. The van der Waals surface area contributed by atoms with E-state index in [9.17, 15) is 19.2 Å². The molecule has 0 spiro atoms. The maximum absolute atomic E-state index is 12.6. The first kappa shape index (κ1) is 28.0. The van der Waals surface area contributed by atoms with Gasteiger partial charge in [-0.3, -0.25) is 0 Å². The van der Waals surface area contributed by atoms with Gasteiger partial charge in [0.15, 0.2) is 0 Å². The van der Waals surface area contributed by atoms with E-state index in [0.717, 1.165) is 0 Å². The zero-order valence-corrected chi connectivity index (χ0v) is 21.9. The van der Waals surface area contributed by atoms with Crippen LogP contribution in [0.1, 0.15) is 0 Å². The summed E-state index contributed by atoms with van der Waals surface area (Å²) in [6.07, 6.45) is 0. The third-order valence-electron chi connectivity index (χ3n) is 5.39. The number of benzene rings is 4. The smallest absolute Gasteiger partial charge is 0.323 e. The number of urea groups is 4. The Bertz CT molecular complexity index is 1540. The number of rotatable bonds is 7. The topological polar surface area (TPSA) is 165 Å². The highest BCUT2D eigenvalue weighted by Gasteiger charge is 2.09. The first-order valence-corrected chi connectivity index (χ1v) is 12.4. The van der Waals surface area contributed by atoms with E-state index in [2.05, 4.69) is 42.5 Å². The van der Waals surface area contributed by atoms with Crippen LogP contribution in [0.5, 0.6) is 0 Å². The Labute approximate surface area is 235 Å². The second kappa shape index (κ2) is 13.7. The number of hydrogen-bond acceptors (Lipinski definition) is 4. The van der Waals surface area contributed by atoms with Crippen molar-refractivity contribution in [2.45, 2.75) is 0 Å². The molecule has 0 aliphatic carbocycles. The van der Waals surface area contributed by atoms with Crippen LogP contribution in [0, 0.1) is 0 Å². The van der Waals surface area contributed by atoms with E-state index in [1.165, 1.54) is 7.05 Å². The van der Waals surface area contributed by atoms with E-state index in [1.54, 1.807) is 84.9 Å². The molecule has 4 rings (SSSR count). The number of hydrogen-bond donors (Lipinski definition) is 8. The number of carbonyl (C=O) groups excluding carboxylic acids is 4. The van der Waals surface area contributed by atoms with E-state index in [0.29, 0.717) is 39.8 Å². The predicted octanol–water partition coefficient (Wildman–Crippen LogP) is 6.37. The summed E-state index contributed by atoms with van der Waals surface area (Å²) in [5.74, 6) is 0. The summed E-state index contributed by atoms with van der Waals surface area (Å²) in [6, 6.07) is 27.2. The van der Waals surface area contributed by atoms with Gasteiger partial charge in [-0.25, -0.2) is 19.2 Å². The normalized spacial score (nSPS) is 9.98. The average molecular weight is 553 g/mol. The van der Waals surface area contributed by atoms with E-state index in [-0.39, 0.29) is 6.03 Å². The van der Waals surface area contributed by atoms with Gasteiger partial charge in [0.05, 0.1) is 0 Å². The zero-order valence-electron chi connectivity index (χ0n) is 21.9. The molecule has 0 radical (unpaired) electrons. The molecule has 0 heterocycles. The molecule has 12 heteroatoms. The Morgan fingerprint density at radius 2 is 0.634 bits per heavy atom. The van der Waals surface area contributed by atoms with Crippen molar-refractivity contribution in [3.8, 4) is 0 Å². The van der Waals surface area contributed by atoms with Crippen molar-refractivity contribution in [2.75, 3.05) is 44.3 Å². The van der Waals surface area contributed by atoms with Crippen LogP contribution in [0.25, 0.3) is 0 Å². The number of nitrogens with one attached hydrogen (secondary N) is 8. The molecule has 0 aliphatic rings. The molecule has 0 saturated heterocycles. The minimum Gasteiger partial charge on any atom is -0.341 e. The second-order valence-corrected chi connectivity index (χ2v) is 8.55. The molecule has 0 bridgehead atoms. The predicted molar refractivity (Wildman–Crippen MR) is 162 cm³/mol. The lowest BCUT2D eigenvalue weighted by atomic mass is 10.2. The number of anilines is 7. The largest absolute Gasteiger partial charge is 0.341 e. The van der Waals surface area contributed by atoms with Crippen molar-refractivity contribution in [1.29, 1.82) is 0 Å². The van der Waals surface area contributed by atoms with Crippen LogP contribution in [-0.2, 0) is 0 Å². The molecule has 12 nitrogen and oxygen atoms in total. The lowest BCUT2D eigenvalue weighted by Crippen LogP contribution is -2.24. The van der Waals surface area contributed by atoms with Crippen molar-refractivity contribution in [2.24, 2.45) is 0 Å². The Morgan fingerprint density at radius 3 is 0.951 bits per heavy atom. The molecular weight excluding hydrogens is 524 g/mol. The highest BCUT2D eigenvalue weighted by molar-refractivity contribution is 6.03. The molecule has 8 N–H and O–H groups in total. The van der Waals surface area contributed by atoms with Crippen LogP contribution in [0.4, 0.5) is 59.0 Å². The molecule has 0 aliphatic heterocycles. The third kappa shape index (κ3) is 9.04. The lowest BCUT2D eigenvalue weighted by Gasteiger charge is -2.12. The molecule has 0 atom stereocenters. The summed E-state index contributed by atoms with van der Waals surface area (Å²) in [5, 5.41) is 21.3. The minimum atomic E-state index is -0.516. The minimum absolute atomic E-state index is 0.379. The molecule has 4 aromatic carbocycles.